The highest BCUT2D eigenvalue weighted by atomic mass is 32.2. The predicted molar refractivity (Wildman–Crippen MR) is 87.0 cm³/mol. The molecule has 1 aromatic rings. The van der Waals surface area contributed by atoms with Crippen molar-refractivity contribution >= 4 is 17.7 Å². The van der Waals surface area contributed by atoms with Gasteiger partial charge < -0.3 is 10.1 Å². The van der Waals surface area contributed by atoms with E-state index < -0.39 is 0 Å². The van der Waals surface area contributed by atoms with Gasteiger partial charge in [0.15, 0.2) is 0 Å². The van der Waals surface area contributed by atoms with Gasteiger partial charge in [0.1, 0.15) is 12.4 Å². The van der Waals surface area contributed by atoms with Crippen LogP contribution in [0.4, 0.5) is 0 Å². The lowest BCUT2D eigenvalue weighted by molar-refractivity contribution is -0.120. The highest BCUT2D eigenvalue weighted by Gasteiger charge is 2.19. The first kappa shape index (κ1) is 16.2. The van der Waals surface area contributed by atoms with Crippen molar-refractivity contribution in [3.63, 3.8) is 0 Å². The molecule has 1 fully saturated rings. The Morgan fingerprint density at radius 3 is 2.86 bits per heavy atom. The van der Waals surface area contributed by atoms with Gasteiger partial charge >= 0.3 is 0 Å². The third kappa shape index (κ3) is 5.59. The van der Waals surface area contributed by atoms with Crippen molar-refractivity contribution in [1.29, 1.82) is 0 Å². The number of likely N-dealkylation sites (tertiary alicyclic amines) is 1. The Morgan fingerprint density at radius 1 is 1.43 bits per heavy atom. The molecule has 0 aliphatic carbocycles. The Kier molecular flexibility index (Phi) is 6.39. The maximum atomic E-state index is 11.1. The molecule has 1 aliphatic rings. The zero-order valence-electron chi connectivity index (χ0n) is 12.8. The molecule has 21 heavy (non-hydrogen) atoms. The zero-order chi connectivity index (χ0) is 15.1. The molecule has 1 amide bonds. The lowest BCUT2D eigenvalue weighted by Crippen LogP contribution is -2.48. The standard InChI is InChI=1S/C16H24N2O2S/c1-13(19)17-14-4-3-9-18(12-14)10-11-20-15-5-7-16(21-2)8-6-15/h5-8,14H,3-4,9-12H2,1-2H3,(H,17,19)/t14-/m0/s1. The van der Waals surface area contributed by atoms with Crippen LogP contribution in [-0.2, 0) is 4.79 Å². The van der Waals surface area contributed by atoms with Crippen molar-refractivity contribution in [3.05, 3.63) is 24.3 Å². The third-order valence-corrected chi connectivity index (χ3v) is 4.39. The van der Waals surface area contributed by atoms with Crippen LogP contribution in [0, 0.1) is 0 Å². The minimum atomic E-state index is 0.0620. The van der Waals surface area contributed by atoms with E-state index in [4.69, 9.17) is 4.74 Å². The van der Waals surface area contributed by atoms with E-state index in [1.54, 1.807) is 18.7 Å². The average molecular weight is 308 g/mol. The van der Waals surface area contributed by atoms with Crippen molar-refractivity contribution in [2.24, 2.45) is 0 Å². The molecule has 1 aromatic carbocycles. The number of nitrogens with zero attached hydrogens (tertiary/aromatic N) is 1. The van der Waals surface area contributed by atoms with Crippen LogP contribution in [0.5, 0.6) is 5.75 Å². The largest absolute Gasteiger partial charge is 0.492 e. The number of thioether (sulfide) groups is 1. The monoisotopic (exact) mass is 308 g/mol. The van der Waals surface area contributed by atoms with Gasteiger partial charge in [-0.15, -0.1) is 11.8 Å². The van der Waals surface area contributed by atoms with E-state index in [9.17, 15) is 4.79 Å². The molecule has 1 heterocycles. The molecule has 2 rings (SSSR count). The SMILES string of the molecule is CSc1ccc(OCCN2CCC[C@H](NC(C)=O)C2)cc1. The molecule has 1 N–H and O–H groups in total. The number of piperidine rings is 1. The molecule has 0 radical (unpaired) electrons. The van der Waals surface area contributed by atoms with Gasteiger partial charge in [-0.2, -0.15) is 0 Å². The molecule has 5 heteroatoms. The molecule has 1 saturated heterocycles. The minimum absolute atomic E-state index is 0.0620. The number of rotatable bonds is 6. The Hall–Kier alpha value is -1.20. The molecule has 0 bridgehead atoms. The maximum Gasteiger partial charge on any atom is 0.217 e. The van der Waals surface area contributed by atoms with Crippen LogP contribution in [0.2, 0.25) is 0 Å². The number of carbonyl (C=O) groups excluding carboxylic acids is 1. The molecule has 0 spiro atoms. The third-order valence-electron chi connectivity index (χ3n) is 3.65. The summed E-state index contributed by atoms with van der Waals surface area (Å²) in [5.41, 5.74) is 0. The minimum Gasteiger partial charge on any atom is -0.492 e. The molecule has 116 valence electrons. The topological polar surface area (TPSA) is 41.6 Å². The predicted octanol–water partition coefficient (Wildman–Crippen LogP) is 2.39. The Morgan fingerprint density at radius 2 is 2.19 bits per heavy atom. The van der Waals surface area contributed by atoms with Gasteiger partial charge in [0.2, 0.25) is 5.91 Å². The van der Waals surface area contributed by atoms with Crippen LogP contribution < -0.4 is 10.1 Å². The first-order valence-corrected chi connectivity index (χ1v) is 8.66. The van der Waals surface area contributed by atoms with Crippen LogP contribution in [0.1, 0.15) is 19.8 Å². The number of ether oxygens (including phenoxy) is 1. The average Bonchev–Trinajstić information content (AvgIpc) is 2.48. The number of benzene rings is 1. The number of hydrogen-bond acceptors (Lipinski definition) is 4. The molecule has 0 aromatic heterocycles. The van der Waals surface area contributed by atoms with Gasteiger partial charge in [-0.05, 0) is 49.9 Å². The van der Waals surface area contributed by atoms with Gasteiger partial charge in [-0.3, -0.25) is 9.69 Å². The van der Waals surface area contributed by atoms with Crippen LogP contribution in [0.3, 0.4) is 0 Å². The fraction of sp³-hybridized carbons (Fsp3) is 0.562. The summed E-state index contributed by atoms with van der Waals surface area (Å²) in [6.45, 7) is 5.19. The van der Waals surface area contributed by atoms with Crippen molar-refractivity contribution < 1.29 is 9.53 Å². The maximum absolute atomic E-state index is 11.1. The molecule has 1 atom stereocenters. The van der Waals surface area contributed by atoms with E-state index in [1.807, 2.05) is 12.1 Å². The van der Waals surface area contributed by atoms with E-state index >= 15 is 0 Å². The van der Waals surface area contributed by atoms with Gasteiger partial charge in [0.25, 0.3) is 0 Å². The number of amides is 1. The van der Waals surface area contributed by atoms with E-state index in [2.05, 4.69) is 28.6 Å². The fourth-order valence-corrected chi connectivity index (χ4v) is 3.04. The van der Waals surface area contributed by atoms with Crippen molar-refractivity contribution in [3.8, 4) is 5.75 Å². The van der Waals surface area contributed by atoms with Crippen molar-refractivity contribution in [2.45, 2.75) is 30.7 Å². The molecular formula is C16H24N2O2S. The first-order chi connectivity index (χ1) is 10.2. The zero-order valence-corrected chi connectivity index (χ0v) is 13.6. The molecule has 0 unspecified atom stereocenters. The molecular weight excluding hydrogens is 284 g/mol. The van der Waals surface area contributed by atoms with Gasteiger partial charge in [0, 0.05) is 31.0 Å². The number of nitrogens with one attached hydrogen (secondary N) is 1. The Bertz CT molecular complexity index is 450. The second-order valence-corrected chi connectivity index (χ2v) is 6.24. The van der Waals surface area contributed by atoms with Crippen LogP contribution >= 0.6 is 11.8 Å². The Balaban J connectivity index is 1.71. The summed E-state index contributed by atoms with van der Waals surface area (Å²) in [6, 6.07) is 8.48. The second-order valence-electron chi connectivity index (χ2n) is 5.36. The summed E-state index contributed by atoms with van der Waals surface area (Å²) in [5, 5.41) is 3.01. The van der Waals surface area contributed by atoms with Crippen LogP contribution in [0.15, 0.2) is 29.2 Å². The van der Waals surface area contributed by atoms with E-state index in [0.29, 0.717) is 6.61 Å². The molecule has 0 saturated carbocycles. The smallest absolute Gasteiger partial charge is 0.217 e. The normalized spacial score (nSPS) is 19.2. The van der Waals surface area contributed by atoms with Gasteiger partial charge in [0.05, 0.1) is 0 Å². The fourth-order valence-electron chi connectivity index (χ4n) is 2.63. The lowest BCUT2D eigenvalue weighted by atomic mass is 10.1. The Labute approximate surface area is 131 Å². The summed E-state index contributed by atoms with van der Waals surface area (Å²) >= 11 is 1.73. The van der Waals surface area contributed by atoms with E-state index in [-0.39, 0.29) is 11.9 Å². The lowest BCUT2D eigenvalue weighted by Gasteiger charge is -2.32. The van der Waals surface area contributed by atoms with E-state index in [0.717, 1.165) is 38.2 Å². The van der Waals surface area contributed by atoms with Gasteiger partial charge in [-0.1, -0.05) is 0 Å². The van der Waals surface area contributed by atoms with Crippen molar-refractivity contribution in [1.82, 2.24) is 10.2 Å². The summed E-state index contributed by atoms with van der Waals surface area (Å²) < 4.78 is 5.79. The summed E-state index contributed by atoms with van der Waals surface area (Å²) in [7, 11) is 0. The quantitative estimate of drug-likeness (QED) is 0.819. The highest BCUT2D eigenvalue weighted by Crippen LogP contribution is 2.19. The highest BCUT2D eigenvalue weighted by molar-refractivity contribution is 7.98. The van der Waals surface area contributed by atoms with Crippen LogP contribution in [-0.4, -0.2) is 49.3 Å². The second kappa shape index (κ2) is 8.29. The number of carbonyl (C=O) groups is 1. The van der Waals surface area contributed by atoms with Crippen LogP contribution in [0.25, 0.3) is 0 Å². The number of hydrogen-bond donors (Lipinski definition) is 1. The van der Waals surface area contributed by atoms with Crippen molar-refractivity contribution in [2.75, 3.05) is 32.5 Å². The van der Waals surface area contributed by atoms with Gasteiger partial charge in [-0.25, -0.2) is 0 Å². The summed E-state index contributed by atoms with van der Waals surface area (Å²) in [5.74, 6) is 0.982. The summed E-state index contributed by atoms with van der Waals surface area (Å²) in [6.07, 6.45) is 4.28. The summed E-state index contributed by atoms with van der Waals surface area (Å²) in [4.78, 5) is 14.7. The molecule has 4 nitrogen and oxygen atoms in total. The van der Waals surface area contributed by atoms with E-state index in [1.165, 1.54) is 4.90 Å². The molecule has 1 aliphatic heterocycles. The first-order valence-electron chi connectivity index (χ1n) is 7.43.